The van der Waals surface area contributed by atoms with Crippen LogP contribution in [0.15, 0.2) is 0 Å². The fourth-order valence-corrected chi connectivity index (χ4v) is 1.10. The number of phosphoric acid groups is 1. The second-order valence-electron chi connectivity index (χ2n) is 2.74. The predicted octanol–water partition coefficient (Wildman–Crippen LogP) is -0.477. The molecular formula is C7H17NO6P. The Balaban J connectivity index is 3.02. The maximum absolute atomic E-state index is 10.2. The molecule has 8 heteroatoms. The molecule has 0 saturated carbocycles. The Labute approximate surface area is 88.6 Å². The minimum atomic E-state index is -4.37. The van der Waals surface area contributed by atoms with Crippen molar-refractivity contribution in [3.8, 4) is 0 Å². The van der Waals surface area contributed by atoms with Crippen LogP contribution in [-0.2, 0) is 18.9 Å². The van der Waals surface area contributed by atoms with Crippen LogP contribution in [0.4, 0.5) is 0 Å². The van der Waals surface area contributed by atoms with Crippen LogP contribution < -0.4 is 5.32 Å². The van der Waals surface area contributed by atoms with E-state index in [2.05, 4.69) is 9.84 Å². The lowest BCUT2D eigenvalue weighted by molar-refractivity contribution is 0.0866. The number of hydrogen-bond acceptors (Lipinski definition) is 4. The Kier molecular flexibility index (Phi) is 9.23. The number of nitrogens with one attached hydrogen (secondary N) is 1. The minimum absolute atomic E-state index is 0.0933. The van der Waals surface area contributed by atoms with E-state index in [4.69, 9.17) is 14.5 Å². The Morgan fingerprint density at radius 2 is 1.87 bits per heavy atom. The van der Waals surface area contributed by atoms with Gasteiger partial charge in [-0.3, -0.25) is 4.52 Å². The normalized spacial score (nSPS) is 11.9. The molecule has 0 aliphatic rings. The molecule has 0 aromatic rings. The second kappa shape index (κ2) is 9.23. The maximum atomic E-state index is 10.2. The van der Waals surface area contributed by atoms with Gasteiger partial charge in [0.25, 0.3) is 0 Å². The summed E-state index contributed by atoms with van der Waals surface area (Å²) < 4.78 is 19.4. The van der Waals surface area contributed by atoms with Gasteiger partial charge in [-0.25, -0.2) is 9.67 Å². The van der Waals surface area contributed by atoms with Gasteiger partial charge in [0.05, 0.1) is 26.4 Å². The predicted molar refractivity (Wildman–Crippen MR) is 51.9 cm³/mol. The van der Waals surface area contributed by atoms with Gasteiger partial charge in [-0.2, -0.15) is 0 Å². The highest BCUT2D eigenvalue weighted by Gasteiger charge is 2.12. The zero-order valence-electron chi connectivity index (χ0n) is 8.42. The summed E-state index contributed by atoms with van der Waals surface area (Å²) in [6.07, 6.45) is 0.585. The van der Waals surface area contributed by atoms with E-state index in [9.17, 15) is 9.67 Å². The molecule has 7 nitrogen and oxygen atoms in total. The summed E-state index contributed by atoms with van der Waals surface area (Å²) in [7, 11) is -4.37. The van der Waals surface area contributed by atoms with Crippen molar-refractivity contribution in [1.82, 2.24) is 5.32 Å². The molecule has 0 bridgehead atoms. The summed E-state index contributed by atoms with van der Waals surface area (Å²) in [5.41, 5.74) is 0. The first kappa shape index (κ1) is 15.0. The van der Waals surface area contributed by atoms with Gasteiger partial charge in [-0.05, 0) is 13.0 Å². The third-order valence-electron chi connectivity index (χ3n) is 1.41. The van der Waals surface area contributed by atoms with E-state index < -0.39 is 7.82 Å². The molecule has 91 valence electrons. The summed E-state index contributed by atoms with van der Waals surface area (Å²) in [6.45, 7) is 1.59. The minimum Gasteiger partial charge on any atom is -0.378 e. The molecular weight excluding hydrogens is 225 g/mol. The Morgan fingerprint density at radius 3 is 2.47 bits per heavy atom. The third-order valence-corrected chi connectivity index (χ3v) is 1.93. The van der Waals surface area contributed by atoms with Crippen LogP contribution >= 0.6 is 7.82 Å². The molecule has 0 saturated heterocycles. The van der Waals surface area contributed by atoms with Crippen LogP contribution in [0.2, 0.25) is 0 Å². The molecule has 3 N–H and O–H groups in total. The first-order valence-electron chi connectivity index (χ1n) is 4.63. The standard InChI is InChI=1S/C7H17NO6P/c9-4-1-2-8-3-5-13-6-7-14-15(10,11)12/h8H,1-7H2,(H2,10,11,12). The van der Waals surface area contributed by atoms with E-state index in [1.165, 1.54) is 0 Å². The number of hydrogen-bond donors (Lipinski definition) is 3. The molecule has 0 atom stereocenters. The molecule has 0 aliphatic carbocycles. The molecule has 0 spiro atoms. The average Bonchev–Trinajstić information content (AvgIpc) is 2.14. The van der Waals surface area contributed by atoms with Crippen molar-refractivity contribution in [3.63, 3.8) is 0 Å². The molecule has 0 heterocycles. The number of rotatable bonds is 10. The molecule has 0 unspecified atom stereocenters. The van der Waals surface area contributed by atoms with Crippen LogP contribution in [0.25, 0.3) is 0 Å². The first-order chi connectivity index (χ1) is 7.06. The van der Waals surface area contributed by atoms with Crippen LogP contribution in [0.5, 0.6) is 0 Å². The molecule has 0 aromatic carbocycles. The van der Waals surface area contributed by atoms with Crippen molar-refractivity contribution in [2.24, 2.45) is 0 Å². The van der Waals surface area contributed by atoms with Crippen molar-refractivity contribution in [2.45, 2.75) is 6.42 Å². The highest BCUT2D eigenvalue weighted by atomic mass is 31.2. The molecule has 0 aliphatic heterocycles. The van der Waals surface area contributed by atoms with Gasteiger partial charge in [-0.1, -0.05) is 0 Å². The van der Waals surface area contributed by atoms with E-state index in [1.807, 2.05) is 0 Å². The molecule has 0 aromatic heterocycles. The largest absolute Gasteiger partial charge is 0.469 e. The first-order valence-corrected chi connectivity index (χ1v) is 6.16. The summed E-state index contributed by atoms with van der Waals surface area (Å²) in [4.78, 5) is 16.6. The highest BCUT2D eigenvalue weighted by Crippen LogP contribution is 2.35. The van der Waals surface area contributed by atoms with Crippen molar-refractivity contribution in [1.29, 1.82) is 0 Å². The third kappa shape index (κ3) is 14.0. The van der Waals surface area contributed by atoms with Crippen molar-refractivity contribution >= 4 is 7.82 Å². The van der Waals surface area contributed by atoms with Crippen LogP contribution in [0, 0.1) is 0 Å². The smallest absolute Gasteiger partial charge is 0.378 e. The molecule has 0 fully saturated rings. The van der Waals surface area contributed by atoms with Crippen LogP contribution in [0.1, 0.15) is 6.42 Å². The summed E-state index contributed by atoms with van der Waals surface area (Å²) in [5, 5.41) is 13.0. The summed E-state index contributed by atoms with van der Waals surface area (Å²) in [5.74, 6) is 0. The van der Waals surface area contributed by atoms with E-state index >= 15 is 0 Å². The van der Waals surface area contributed by atoms with Crippen molar-refractivity contribution in [2.75, 3.05) is 39.5 Å². The fraction of sp³-hybridized carbons (Fsp3) is 1.00. The quantitative estimate of drug-likeness (QED) is 0.353. The van der Waals surface area contributed by atoms with E-state index in [1.54, 1.807) is 0 Å². The Bertz CT molecular complexity index is 184. The zero-order chi connectivity index (χ0) is 11.6. The Morgan fingerprint density at radius 1 is 1.13 bits per heavy atom. The van der Waals surface area contributed by atoms with Gasteiger partial charge in [-0.15, -0.1) is 0 Å². The van der Waals surface area contributed by atoms with Crippen molar-refractivity contribution in [3.05, 3.63) is 0 Å². The van der Waals surface area contributed by atoms with Gasteiger partial charge in [0.1, 0.15) is 0 Å². The monoisotopic (exact) mass is 242 g/mol. The number of ether oxygens (including phenoxy) is 1. The second-order valence-corrected chi connectivity index (χ2v) is 3.98. The lowest BCUT2D eigenvalue weighted by Crippen LogP contribution is -2.22. The van der Waals surface area contributed by atoms with Crippen molar-refractivity contribution < 1.29 is 28.7 Å². The lowest BCUT2D eigenvalue weighted by atomic mass is 10.4. The lowest BCUT2D eigenvalue weighted by Gasteiger charge is -2.06. The van der Waals surface area contributed by atoms with Crippen LogP contribution in [0.3, 0.4) is 0 Å². The molecule has 1 radical (unpaired) electrons. The van der Waals surface area contributed by atoms with Gasteiger partial charge in [0.2, 0.25) is 0 Å². The zero-order valence-corrected chi connectivity index (χ0v) is 9.32. The highest BCUT2D eigenvalue weighted by molar-refractivity contribution is 7.46. The van der Waals surface area contributed by atoms with E-state index in [0.717, 1.165) is 0 Å². The van der Waals surface area contributed by atoms with E-state index in [0.29, 0.717) is 26.1 Å². The summed E-state index contributed by atoms with van der Waals surface area (Å²) >= 11 is 0. The molecule has 0 amide bonds. The van der Waals surface area contributed by atoms with Crippen LogP contribution in [-0.4, -0.2) is 49.3 Å². The maximum Gasteiger partial charge on any atom is 0.469 e. The Hall–Kier alpha value is -0.0100. The van der Waals surface area contributed by atoms with Gasteiger partial charge in [0, 0.05) is 6.54 Å². The van der Waals surface area contributed by atoms with Gasteiger partial charge in [0.15, 0.2) is 0 Å². The topological polar surface area (TPSA) is 108 Å². The average molecular weight is 242 g/mol. The summed E-state index contributed by atoms with van der Waals surface area (Å²) in [6, 6.07) is 0. The van der Waals surface area contributed by atoms with Gasteiger partial charge < -0.3 is 19.8 Å². The SMILES string of the molecule is [O]CCCNCCOCCOP(=O)(O)O. The number of phosphoric ester groups is 1. The molecule has 15 heavy (non-hydrogen) atoms. The van der Waals surface area contributed by atoms with Gasteiger partial charge >= 0.3 is 7.82 Å². The van der Waals surface area contributed by atoms with E-state index in [-0.39, 0.29) is 19.8 Å². The molecule has 0 rings (SSSR count). The fourth-order valence-electron chi connectivity index (χ4n) is 0.784.